The van der Waals surface area contributed by atoms with E-state index in [0.29, 0.717) is 12.8 Å². The van der Waals surface area contributed by atoms with Crippen LogP contribution in [0.5, 0.6) is 0 Å². The fraction of sp³-hybridized carbons (Fsp3) is 0.467. The molecule has 0 saturated heterocycles. The zero-order valence-electron chi connectivity index (χ0n) is 11.8. The molecule has 1 amide bonds. The van der Waals surface area contributed by atoms with Gasteiger partial charge in [-0.05, 0) is 18.9 Å². The van der Waals surface area contributed by atoms with Gasteiger partial charge < -0.3 is 15.2 Å². The molecule has 0 aromatic heterocycles. The number of amides is 1. The lowest BCUT2D eigenvalue weighted by Gasteiger charge is -2.18. The first-order chi connectivity index (χ1) is 9.52. The molecule has 0 spiro atoms. The van der Waals surface area contributed by atoms with Crippen LogP contribution in [0, 0.1) is 0 Å². The van der Waals surface area contributed by atoms with E-state index in [0.717, 1.165) is 5.56 Å². The van der Waals surface area contributed by atoms with Crippen LogP contribution in [0.3, 0.4) is 0 Å². The third-order valence-corrected chi connectivity index (χ3v) is 3.10. The Labute approximate surface area is 118 Å². The van der Waals surface area contributed by atoms with Crippen molar-refractivity contribution in [3.05, 3.63) is 35.9 Å². The minimum atomic E-state index is -0.940. The van der Waals surface area contributed by atoms with Gasteiger partial charge in [0.2, 0.25) is 5.91 Å². The summed E-state index contributed by atoms with van der Waals surface area (Å²) in [6, 6.07) is 8.62. The largest absolute Gasteiger partial charge is 0.481 e. The Morgan fingerprint density at radius 3 is 2.50 bits per heavy atom. The van der Waals surface area contributed by atoms with E-state index in [4.69, 9.17) is 9.84 Å². The van der Waals surface area contributed by atoms with Crippen LogP contribution in [0.1, 0.15) is 37.8 Å². The maximum atomic E-state index is 11.9. The molecule has 0 fully saturated rings. The maximum Gasteiger partial charge on any atom is 0.305 e. The van der Waals surface area contributed by atoms with E-state index in [9.17, 15) is 9.59 Å². The molecule has 5 nitrogen and oxygen atoms in total. The van der Waals surface area contributed by atoms with Crippen molar-refractivity contribution in [3.63, 3.8) is 0 Å². The van der Waals surface area contributed by atoms with Crippen molar-refractivity contribution in [1.29, 1.82) is 0 Å². The first-order valence-electron chi connectivity index (χ1n) is 6.61. The second-order valence-corrected chi connectivity index (χ2v) is 4.71. The highest BCUT2D eigenvalue weighted by Gasteiger charge is 2.18. The van der Waals surface area contributed by atoms with E-state index < -0.39 is 12.0 Å². The van der Waals surface area contributed by atoms with Crippen LogP contribution >= 0.6 is 0 Å². The molecule has 0 bridgehead atoms. The molecule has 20 heavy (non-hydrogen) atoms. The first kappa shape index (κ1) is 16.2. The predicted octanol–water partition coefficient (Wildman–Crippen LogP) is 2.13. The summed E-state index contributed by atoms with van der Waals surface area (Å²) < 4.78 is 5.08. The molecule has 1 aromatic rings. The molecular weight excluding hydrogens is 258 g/mol. The molecule has 2 atom stereocenters. The quantitative estimate of drug-likeness (QED) is 0.764. The van der Waals surface area contributed by atoms with Crippen molar-refractivity contribution in [2.24, 2.45) is 0 Å². The van der Waals surface area contributed by atoms with Gasteiger partial charge in [-0.1, -0.05) is 30.3 Å². The Bertz CT molecular complexity index is 433. The van der Waals surface area contributed by atoms with E-state index in [-0.39, 0.29) is 18.4 Å². The fourth-order valence-corrected chi connectivity index (χ4v) is 1.83. The number of nitrogens with one attached hydrogen (secondary N) is 1. The van der Waals surface area contributed by atoms with Crippen molar-refractivity contribution >= 4 is 11.9 Å². The number of carbonyl (C=O) groups excluding carboxylic acids is 1. The van der Waals surface area contributed by atoms with Gasteiger partial charge in [0.05, 0.1) is 18.6 Å². The number of ether oxygens (including phenoxy) is 1. The van der Waals surface area contributed by atoms with Crippen LogP contribution in [-0.2, 0) is 14.3 Å². The van der Waals surface area contributed by atoms with Gasteiger partial charge in [-0.2, -0.15) is 0 Å². The average Bonchev–Trinajstić information content (AvgIpc) is 2.44. The number of carboxylic acids is 1. The topological polar surface area (TPSA) is 75.6 Å². The lowest BCUT2D eigenvalue weighted by atomic mass is 10.0. The first-order valence-corrected chi connectivity index (χ1v) is 6.61. The summed E-state index contributed by atoms with van der Waals surface area (Å²) >= 11 is 0. The van der Waals surface area contributed by atoms with Crippen LogP contribution in [-0.4, -0.2) is 30.2 Å². The van der Waals surface area contributed by atoms with Gasteiger partial charge in [0.25, 0.3) is 0 Å². The van der Waals surface area contributed by atoms with Gasteiger partial charge in [0, 0.05) is 13.5 Å². The Balaban J connectivity index is 2.61. The molecule has 5 heteroatoms. The second-order valence-electron chi connectivity index (χ2n) is 4.71. The van der Waals surface area contributed by atoms with Crippen LogP contribution in [0.2, 0.25) is 0 Å². The third-order valence-electron chi connectivity index (χ3n) is 3.10. The molecule has 1 aromatic carbocycles. The van der Waals surface area contributed by atoms with Gasteiger partial charge in [-0.3, -0.25) is 9.59 Å². The average molecular weight is 279 g/mol. The smallest absolute Gasteiger partial charge is 0.305 e. The van der Waals surface area contributed by atoms with Crippen molar-refractivity contribution in [3.8, 4) is 0 Å². The van der Waals surface area contributed by atoms with Gasteiger partial charge >= 0.3 is 5.97 Å². The molecule has 110 valence electrons. The van der Waals surface area contributed by atoms with Crippen LogP contribution < -0.4 is 5.32 Å². The van der Waals surface area contributed by atoms with Crippen molar-refractivity contribution < 1.29 is 19.4 Å². The number of hydrogen-bond acceptors (Lipinski definition) is 3. The lowest BCUT2D eigenvalue weighted by Crippen LogP contribution is -2.30. The minimum absolute atomic E-state index is 0.00963. The van der Waals surface area contributed by atoms with Gasteiger partial charge in [-0.25, -0.2) is 0 Å². The van der Waals surface area contributed by atoms with E-state index >= 15 is 0 Å². The number of hydrogen-bond donors (Lipinski definition) is 2. The number of carboxylic acid groups (broad SMARTS) is 1. The maximum absolute atomic E-state index is 11.9. The molecular formula is C15H21NO4. The molecule has 0 aliphatic carbocycles. The number of aliphatic carboxylic acids is 1. The lowest BCUT2D eigenvalue weighted by molar-refractivity contribution is -0.137. The van der Waals surface area contributed by atoms with Gasteiger partial charge in [0.1, 0.15) is 0 Å². The van der Waals surface area contributed by atoms with Crippen LogP contribution in [0.25, 0.3) is 0 Å². The van der Waals surface area contributed by atoms with Gasteiger partial charge in [0.15, 0.2) is 0 Å². The molecule has 0 heterocycles. The van der Waals surface area contributed by atoms with E-state index in [1.165, 1.54) is 0 Å². The Morgan fingerprint density at radius 1 is 1.30 bits per heavy atom. The molecule has 0 saturated carbocycles. The Morgan fingerprint density at radius 2 is 1.95 bits per heavy atom. The summed E-state index contributed by atoms with van der Waals surface area (Å²) in [7, 11) is 1.60. The molecule has 2 unspecified atom stereocenters. The third kappa shape index (κ3) is 5.84. The number of methoxy groups -OCH3 is 1. The monoisotopic (exact) mass is 279 g/mol. The van der Waals surface area contributed by atoms with Crippen LogP contribution in [0.15, 0.2) is 30.3 Å². The zero-order chi connectivity index (χ0) is 15.0. The SMILES string of the molecule is COC(C)CCC(=O)NC(CC(=O)O)c1ccccc1. The summed E-state index contributed by atoms with van der Waals surface area (Å²) in [5.41, 5.74) is 0.794. The van der Waals surface area contributed by atoms with Crippen molar-refractivity contribution in [2.45, 2.75) is 38.3 Å². The molecule has 2 N–H and O–H groups in total. The summed E-state index contributed by atoms with van der Waals surface area (Å²) in [4.78, 5) is 22.8. The van der Waals surface area contributed by atoms with Crippen LogP contribution in [0.4, 0.5) is 0 Å². The molecule has 0 radical (unpaired) electrons. The van der Waals surface area contributed by atoms with Gasteiger partial charge in [-0.15, -0.1) is 0 Å². The minimum Gasteiger partial charge on any atom is -0.481 e. The predicted molar refractivity (Wildman–Crippen MR) is 75.3 cm³/mol. The van der Waals surface area contributed by atoms with E-state index in [1.54, 1.807) is 7.11 Å². The van der Waals surface area contributed by atoms with Crippen molar-refractivity contribution in [2.75, 3.05) is 7.11 Å². The summed E-state index contributed by atoms with van der Waals surface area (Å²) in [5.74, 6) is -1.10. The second kappa shape index (κ2) is 8.32. The zero-order valence-corrected chi connectivity index (χ0v) is 11.8. The number of carbonyl (C=O) groups is 2. The molecule has 1 rings (SSSR count). The summed E-state index contributed by atoms with van der Waals surface area (Å²) in [5, 5.41) is 11.7. The highest BCUT2D eigenvalue weighted by molar-refractivity contribution is 5.77. The molecule has 0 aliphatic heterocycles. The normalized spacial score (nSPS) is 13.5. The standard InChI is InChI=1S/C15H21NO4/c1-11(20-2)8-9-14(17)16-13(10-15(18)19)12-6-4-3-5-7-12/h3-7,11,13H,8-10H2,1-2H3,(H,16,17)(H,18,19). The fourth-order valence-electron chi connectivity index (χ4n) is 1.83. The number of rotatable bonds is 8. The highest BCUT2D eigenvalue weighted by atomic mass is 16.5. The Hall–Kier alpha value is -1.88. The highest BCUT2D eigenvalue weighted by Crippen LogP contribution is 2.17. The summed E-state index contributed by atoms with van der Waals surface area (Å²) in [6.45, 7) is 1.89. The van der Waals surface area contributed by atoms with E-state index in [2.05, 4.69) is 5.32 Å². The van der Waals surface area contributed by atoms with Crippen molar-refractivity contribution in [1.82, 2.24) is 5.32 Å². The Kier molecular flexibility index (Phi) is 6.73. The number of benzene rings is 1. The van der Waals surface area contributed by atoms with E-state index in [1.807, 2.05) is 37.3 Å². The molecule has 0 aliphatic rings. The summed E-state index contributed by atoms with van der Waals surface area (Å²) in [6.07, 6.45) is 0.806.